The fourth-order valence-electron chi connectivity index (χ4n) is 3.08. The molecule has 3 rings (SSSR count). The molecule has 0 fully saturated rings. The van der Waals surface area contributed by atoms with Crippen molar-refractivity contribution < 1.29 is 19.1 Å². The first-order valence-electron chi connectivity index (χ1n) is 8.84. The van der Waals surface area contributed by atoms with E-state index in [1.54, 1.807) is 49.1 Å². The van der Waals surface area contributed by atoms with Gasteiger partial charge in [0.05, 0.1) is 0 Å². The molecule has 2 aromatic carbocycles. The van der Waals surface area contributed by atoms with Crippen LogP contribution in [0.5, 0.6) is 5.75 Å². The topological polar surface area (TPSA) is 75.7 Å². The van der Waals surface area contributed by atoms with Gasteiger partial charge in [0.1, 0.15) is 5.75 Å². The summed E-state index contributed by atoms with van der Waals surface area (Å²) < 4.78 is 5.65. The number of anilines is 2. The van der Waals surface area contributed by atoms with Crippen molar-refractivity contribution in [2.75, 3.05) is 16.8 Å². The number of rotatable bonds is 5. The number of ether oxygens (including phenoxy) is 1. The molecule has 0 saturated carbocycles. The third-order valence-electron chi connectivity index (χ3n) is 4.57. The molecule has 2 aromatic rings. The van der Waals surface area contributed by atoms with E-state index in [1.165, 1.54) is 6.92 Å². The molecule has 0 radical (unpaired) electrons. The van der Waals surface area contributed by atoms with Crippen molar-refractivity contribution in [1.82, 2.24) is 0 Å². The lowest BCUT2D eigenvalue weighted by atomic mass is 10.1. The number of carbonyl (C=O) groups excluding carboxylic acids is 3. The summed E-state index contributed by atoms with van der Waals surface area (Å²) in [5, 5.41) is 2.84. The number of nitrogens with zero attached hydrogens (tertiary/aromatic N) is 1. The Hall–Kier alpha value is -3.15. The van der Waals surface area contributed by atoms with Gasteiger partial charge in [0.25, 0.3) is 5.91 Å². The van der Waals surface area contributed by atoms with E-state index in [0.717, 1.165) is 17.7 Å². The van der Waals surface area contributed by atoms with Crippen LogP contribution in [0, 0.1) is 0 Å². The number of hydrogen-bond donors (Lipinski definition) is 1. The summed E-state index contributed by atoms with van der Waals surface area (Å²) in [7, 11) is 0. The maximum atomic E-state index is 12.4. The molecule has 2 amide bonds. The summed E-state index contributed by atoms with van der Waals surface area (Å²) in [5.74, 6) is 0.247. The van der Waals surface area contributed by atoms with Crippen LogP contribution in [-0.4, -0.2) is 30.2 Å². The predicted octanol–water partition coefficient (Wildman–Crippen LogP) is 3.20. The van der Waals surface area contributed by atoms with Crippen LogP contribution in [0.3, 0.4) is 0 Å². The van der Waals surface area contributed by atoms with Gasteiger partial charge in [-0.3, -0.25) is 14.4 Å². The molecule has 0 unspecified atom stereocenters. The van der Waals surface area contributed by atoms with Crippen LogP contribution in [0.1, 0.15) is 36.7 Å². The quantitative estimate of drug-likeness (QED) is 0.825. The van der Waals surface area contributed by atoms with Gasteiger partial charge < -0.3 is 15.0 Å². The van der Waals surface area contributed by atoms with Gasteiger partial charge in [-0.25, -0.2) is 0 Å². The molecule has 27 heavy (non-hydrogen) atoms. The molecule has 1 aliphatic heterocycles. The maximum Gasteiger partial charge on any atom is 0.265 e. The van der Waals surface area contributed by atoms with Crippen LogP contribution in [0.25, 0.3) is 0 Å². The largest absolute Gasteiger partial charge is 0.481 e. The lowest BCUT2D eigenvalue weighted by Crippen LogP contribution is -2.30. The van der Waals surface area contributed by atoms with E-state index in [-0.39, 0.29) is 17.6 Å². The molecule has 0 aromatic heterocycles. The van der Waals surface area contributed by atoms with Crippen molar-refractivity contribution >= 4 is 29.0 Å². The van der Waals surface area contributed by atoms with E-state index in [1.807, 2.05) is 12.1 Å². The third kappa shape index (κ3) is 4.16. The Labute approximate surface area is 158 Å². The molecule has 6 heteroatoms. The summed E-state index contributed by atoms with van der Waals surface area (Å²) in [6.45, 7) is 5.38. The molecule has 1 heterocycles. The summed E-state index contributed by atoms with van der Waals surface area (Å²) in [6, 6.07) is 12.2. The van der Waals surface area contributed by atoms with Crippen LogP contribution in [-0.2, 0) is 16.0 Å². The third-order valence-corrected chi connectivity index (χ3v) is 4.57. The number of hydrogen-bond acceptors (Lipinski definition) is 4. The minimum absolute atomic E-state index is 0.0170. The van der Waals surface area contributed by atoms with Crippen molar-refractivity contribution in [3.8, 4) is 5.75 Å². The fourth-order valence-corrected chi connectivity index (χ4v) is 3.08. The molecule has 1 atom stereocenters. The van der Waals surface area contributed by atoms with Crippen LogP contribution in [0.15, 0.2) is 42.5 Å². The van der Waals surface area contributed by atoms with Crippen molar-refractivity contribution in [2.45, 2.75) is 33.3 Å². The highest BCUT2D eigenvalue weighted by atomic mass is 16.5. The first kappa shape index (κ1) is 18.6. The second-order valence-electron chi connectivity index (χ2n) is 6.59. The first-order chi connectivity index (χ1) is 12.8. The van der Waals surface area contributed by atoms with Crippen molar-refractivity contribution in [2.24, 2.45) is 0 Å². The minimum Gasteiger partial charge on any atom is -0.481 e. The van der Waals surface area contributed by atoms with Gasteiger partial charge in [0, 0.05) is 30.4 Å². The number of carbonyl (C=O) groups is 3. The van der Waals surface area contributed by atoms with E-state index in [0.29, 0.717) is 23.5 Å². The van der Waals surface area contributed by atoms with Crippen molar-refractivity contribution in [1.29, 1.82) is 0 Å². The minimum atomic E-state index is -0.699. The average molecular weight is 366 g/mol. The van der Waals surface area contributed by atoms with Gasteiger partial charge in [-0.05, 0) is 68.3 Å². The van der Waals surface area contributed by atoms with E-state index < -0.39 is 6.10 Å². The van der Waals surface area contributed by atoms with Gasteiger partial charge in [0.2, 0.25) is 5.91 Å². The second-order valence-corrected chi connectivity index (χ2v) is 6.59. The van der Waals surface area contributed by atoms with Crippen molar-refractivity contribution in [3.05, 3.63) is 53.6 Å². The number of benzene rings is 2. The monoisotopic (exact) mass is 366 g/mol. The Bertz CT molecular complexity index is 890. The Morgan fingerprint density at radius 3 is 2.41 bits per heavy atom. The smallest absolute Gasteiger partial charge is 0.265 e. The maximum absolute atomic E-state index is 12.4. The van der Waals surface area contributed by atoms with Gasteiger partial charge in [-0.2, -0.15) is 0 Å². The predicted molar refractivity (Wildman–Crippen MR) is 103 cm³/mol. The fraction of sp³-hybridized carbons (Fsp3) is 0.286. The zero-order valence-corrected chi connectivity index (χ0v) is 15.6. The average Bonchev–Trinajstić information content (AvgIpc) is 3.05. The molecule has 140 valence electrons. The number of Topliss-reactive ketones (excluding diaryl/α,β-unsaturated/α-hetero) is 1. The molecular weight excluding hydrogens is 344 g/mol. The molecular formula is C21H22N2O4. The summed E-state index contributed by atoms with van der Waals surface area (Å²) >= 11 is 0. The second kappa shape index (κ2) is 7.61. The normalized spacial score (nSPS) is 13.7. The Balaban J connectivity index is 1.63. The van der Waals surface area contributed by atoms with Crippen LogP contribution >= 0.6 is 0 Å². The SMILES string of the molecule is CC(=O)c1ccc(O[C@@H](C)C(=O)Nc2ccc3c(c2)CCN3C(C)=O)cc1. The molecule has 0 aliphatic carbocycles. The van der Waals surface area contributed by atoms with E-state index in [2.05, 4.69) is 5.32 Å². The van der Waals surface area contributed by atoms with Crippen LogP contribution < -0.4 is 15.0 Å². The molecule has 0 spiro atoms. The summed E-state index contributed by atoms with van der Waals surface area (Å²) in [5.41, 5.74) is 3.20. The van der Waals surface area contributed by atoms with E-state index in [4.69, 9.17) is 4.74 Å². The zero-order chi connectivity index (χ0) is 19.6. The highest BCUT2D eigenvalue weighted by Gasteiger charge is 2.23. The van der Waals surface area contributed by atoms with E-state index in [9.17, 15) is 14.4 Å². The molecule has 1 N–H and O–H groups in total. The summed E-state index contributed by atoms with van der Waals surface area (Å²) in [4.78, 5) is 37.1. The Morgan fingerprint density at radius 1 is 1.07 bits per heavy atom. The van der Waals surface area contributed by atoms with Gasteiger partial charge in [-0.15, -0.1) is 0 Å². The number of nitrogens with one attached hydrogen (secondary N) is 1. The highest BCUT2D eigenvalue weighted by molar-refractivity contribution is 5.97. The lowest BCUT2D eigenvalue weighted by molar-refractivity contribution is -0.122. The highest BCUT2D eigenvalue weighted by Crippen LogP contribution is 2.30. The number of ketones is 1. The van der Waals surface area contributed by atoms with Gasteiger partial charge >= 0.3 is 0 Å². The number of fused-ring (bicyclic) bond motifs is 1. The standard InChI is InChI=1S/C21H22N2O4/c1-13(24)16-4-7-19(8-5-16)27-14(2)21(26)22-18-6-9-20-17(12-18)10-11-23(20)15(3)25/h4-9,12,14H,10-11H2,1-3H3,(H,22,26)/t14-/m0/s1. The van der Waals surface area contributed by atoms with Gasteiger partial charge in [0.15, 0.2) is 11.9 Å². The zero-order valence-electron chi connectivity index (χ0n) is 15.6. The van der Waals surface area contributed by atoms with Crippen LogP contribution in [0.4, 0.5) is 11.4 Å². The Kier molecular flexibility index (Phi) is 5.26. The lowest BCUT2D eigenvalue weighted by Gasteiger charge is -2.17. The Morgan fingerprint density at radius 2 is 1.78 bits per heavy atom. The van der Waals surface area contributed by atoms with Crippen LogP contribution in [0.2, 0.25) is 0 Å². The molecule has 0 saturated heterocycles. The molecule has 1 aliphatic rings. The van der Waals surface area contributed by atoms with Crippen molar-refractivity contribution in [3.63, 3.8) is 0 Å². The van der Waals surface area contributed by atoms with E-state index >= 15 is 0 Å². The summed E-state index contributed by atoms with van der Waals surface area (Å²) in [6.07, 6.45) is 0.0721. The molecule has 6 nitrogen and oxygen atoms in total. The first-order valence-corrected chi connectivity index (χ1v) is 8.84. The van der Waals surface area contributed by atoms with Gasteiger partial charge in [-0.1, -0.05) is 0 Å². The molecule has 0 bridgehead atoms. The number of amides is 2.